The van der Waals surface area contributed by atoms with Gasteiger partial charge in [-0.2, -0.15) is 11.8 Å². The zero-order chi connectivity index (χ0) is 19.4. The van der Waals surface area contributed by atoms with Gasteiger partial charge in [0, 0.05) is 23.9 Å². The van der Waals surface area contributed by atoms with Crippen LogP contribution in [0.3, 0.4) is 0 Å². The van der Waals surface area contributed by atoms with Gasteiger partial charge in [-0.1, -0.05) is 43.3 Å². The summed E-state index contributed by atoms with van der Waals surface area (Å²) in [5, 5.41) is 10.1. The van der Waals surface area contributed by atoms with E-state index in [-0.39, 0.29) is 17.5 Å². The molecule has 0 spiro atoms. The average Bonchev–Trinajstić information content (AvgIpc) is 3.15. The summed E-state index contributed by atoms with van der Waals surface area (Å²) in [5.74, 6) is 0.0681. The van der Waals surface area contributed by atoms with Crippen LogP contribution in [0.5, 0.6) is 0 Å². The minimum Gasteiger partial charge on any atom is -0.478 e. The molecule has 1 amide bonds. The number of rotatable bonds is 6. The number of hydrogen-bond donors (Lipinski definition) is 1. The molecule has 2 aromatic rings. The molecular weight excluding hydrogens is 358 g/mol. The van der Waals surface area contributed by atoms with Crippen molar-refractivity contribution < 1.29 is 14.7 Å². The molecule has 1 saturated carbocycles. The van der Waals surface area contributed by atoms with Crippen LogP contribution in [0.15, 0.2) is 48.5 Å². The number of aromatic carboxylic acids is 1. The van der Waals surface area contributed by atoms with Crippen molar-refractivity contribution in [3.63, 3.8) is 0 Å². The lowest BCUT2D eigenvalue weighted by atomic mass is 9.94. The third kappa shape index (κ3) is 4.19. The van der Waals surface area contributed by atoms with E-state index in [0.717, 1.165) is 25.0 Å². The Morgan fingerprint density at radius 1 is 1.04 bits per heavy atom. The minimum atomic E-state index is -0.989. The molecule has 1 aliphatic rings. The first-order valence-electron chi connectivity index (χ1n) is 9.33. The number of amides is 1. The number of carboxylic acid groups (broad SMARTS) is 1. The van der Waals surface area contributed by atoms with Crippen LogP contribution >= 0.6 is 11.8 Å². The topological polar surface area (TPSA) is 57.6 Å². The average molecular weight is 384 g/mol. The van der Waals surface area contributed by atoms with Crippen LogP contribution in [0.2, 0.25) is 0 Å². The van der Waals surface area contributed by atoms with Crippen molar-refractivity contribution in [2.24, 2.45) is 0 Å². The Balaban J connectivity index is 1.90. The normalized spacial score (nSPS) is 19.0. The Morgan fingerprint density at radius 2 is 1.63 bits per heavy atom. The molecule has 0 radical (unpaired) electrons. The Hall–Kier alpha value is -2.27. The van der Waals surface area contributed by atoms with Gasteiger partial charge in [-0.3, -0.25) is 4.79 Å². The predicted molar refractivity (Wildman–Crippen MR) is 110 cm³/mol. The van der Waals surface area contributed by atoms with E-state index in [4.69, 9.17) is 0 Å². The predicted octanol–water partition coefficient (Wildman–Crippen LogP) is 4.80. The van der Waals surface area contributed by atoms with E-state index in [1.807, 2.05) is 41.9 Å². The summed E-state index contributed by atoms with van der Waals surface area (Å²) in [6, 6.07) is 14.4. The number of carbonyl (C=O) groups excluding carboxylic acids is 1. The number of carboxylic acids is 1. The maximum absolute atomic E-state index is 13.2. The van der Waals surface area contributed by atoms with E-state index in [1.165, 1.54) is 0 Å². The fourth-order valence-corrected chi connectivity index (χ4v) is 4.95. The van der Waals surface area contributed by atoms with Crippen LogP contribution < -0.4 is 0 Å². The molecule has 0 bridgehead atoms. The summed E-state index contributed by atoms with van der Waals surface area (Å²) in [5.41, 5.74) is 2.01. The van der Waals surface area contributed by atoms with E-state index in [2.05, 4.69) is 6.92 Å². The van der Waals surface area contributed by atoms with Gasteiger partial charge in [-0.15, -0.1) is 0 Å². The zero-order valence-corrected chi connectivity index (χ0v) is 16.5. The summed E-state index contributed by atoms with van der Waals surface area (Å²) >= 11 is 1.97. The first-order chi connectivity index (χ1) is 13.0. The summed E-state index contributed by atoms with van der Waals surface area (Å²) in [6.45, 7) is 2.17. The van der Waals surface area contributed by atoms with E-state index >= 15 is 0 Å². The minimum absolute atomic E-state index is 0.0436. The third-order valence-electron chi connectivity index (χ3n) is 5.23. The fourth-order valence-electron chi connectivity index (χ4n) is 3.82. The lowest BCUT2D eigenvalue weighted by Crippen LogP contribution is -2.36. The number of benzene rings is 2. The van der Waals surface area contributed by atoms with Crippen LogP contribution in [-0.4, -0.2) is 46.0 Å². The van der Waals surface area contributed by atoms with Gasteiger partial charge in [0.15, 0.2) is 0 Å². The molecular formula is C22H25NO3S. The van der Waals surface area contributed by atoms with Gasteiger partial charge in [0.05, 0.1) is 5.56 Å². The number of nitrogens with zero attached hydrogens (tertiary/aromatic N) is 1. The lowest BCUT2D eigenvalue weighted by molar-refractivity contribution is 0.0694. The van der Waals surface area contributed by atoms with Crippen LogP contribution in [0, 0.1) is 0 Å². The van der Waals surface area contributed by atoms with E-state index < -0.39 is 5.97 Å². The zero-order valence-electron chi connectivity index (χ0n) is 15.7. The molecule has 3 rings (SSSR count). The molecule has 2 aromatic carbocycles. The van der Waals surface area contributed by atoms with E-state index in [9.17, 15) is 14.7 Å². The van der Waals surface area contributed by atoms with Crippen molar-refractivity contribution in [1.29, 1.82) is 0 Å². The Morgan fingerprint density at radius 3 is 2.26 bits per heavy atom. The number of thioether (sulfide) groups is 1. The molecule has 0 aliphatic heterocycles. The van der Waals surface area contributed by atoms with Gasteiger partial charge in [-0.25, -0.2) is 4.79 Å². The maximum Gasteiger partial charge on any atom is 0.336 e. The number of carbonyl (C=O) groups is 2. The molecule has 142 valence electrons. The highest BCUT2D eigenvalue weighted by Crippen LogP contribution is 2.34. The molecule has 5 heteroatoms. The molecule has 1 aliphatic carbocycles. The van der Waals surface area contributed by atoms with Crippen LogP contribution in [0.1, 0.15) is 46.9 Å². The largest absolute Gasteiger partial charge is 0.478 e. The third-order valence-corrected chi connectivity index (χ3v) is 6.47. The second kappa shape index (κ2) is 8.61. The molecule has 0 heterocycles. The summed E-state index contributed by atoms with van der Waals surface area (Å²) in [7, 11) is 1.87. The van der Waals surface area contributed by atoms with Crippen molar-refractivity contribution >= 4 is 23.6 Å². The Bertz CT molecular complexity index is 836. The summed E-state index contributed by atoms with van der Waals surface area (Å²) < 4.78 is 0. The first-order valence-corrected chi connectivity index (χ1v) is 10.4. The standard InChI is InChI=1S/C22H25NO3S/c1-3-27-16-13-12-15(14-16)23(2)21(24)19-10-6-4-8-17(19)18-9-5-7-11-20(18)22(25)26/h4-11,15-16H,3,12-14H2,1-2H3,(H,25,26). The molecule has 4 nitrogen and oxygen atoms in total. The van der Waals surface area contributed by atoms with Gasteiger partial charge in [0.25, 0.3) is 5.91 Å². The summed E-state index contributed by atoms with van der Waals surface area (Å²) in [6.07, 6.45) is 3.19. The SMILES string of the molecule is CCSC1CCC(N(C)C(=O)c2ccccc2-c2ccccc2C(=O)O)C1. The highest BCUT2D eigenvalue weighted by atomic mass is 32.2. The second-order valence-corrected chi connectivity index (χ2v) is 8.43. The van der Waals surface area contributed by atoms with Crippen molar-refractivity contribution in [3.05, 3.63) is 59.7 Å². The molecule has 0 aromatic heterocycles. The molecule has 27 heavy (non-hydrogen) atoms. The molecule has 2 unspecified atom stereocenters. The van der Waals surface area contributed by atoms with Gasteiger partial charge in [-0.05, 0) is 48.3 Å². The van der Waals surface area contributed by atoms with Crippen molar-refractivity contribution in [2.45, 2.75) is 37.5 Å². The van der Waals surface area contributed by atoms with Gasteiger partial charge < -0.3 is 10.0 Å². The van der Waals surface area contributed by atoms with E-state index in [1.54, 1.807) is 30.3 Å². The van der Waals surface area contributed by atoms with Gasteiger partial charge >= 0.3 is 5.97 Å². The number of hydrogen-bond acceptors (Lipinski definition) is 3. The molecule has 1 N–H and O–H groups in total. The summed E-state index contributed by atoms with van der Waals surface area (Å²) in [4.78, 5) is 26.7. The second-order valence-electron chi connectivity index (χ2n) is 6.86. The smallest absolute Gasteiger partial charge is 0.336 e. The highest BCUT2D eigenvalue weighted by Gasteiger charge is 2.31. The van der Waals surface area contributed by atoms with Gasteiger partial charge in [0.1, 0.15) is 0 Å². The highest BCUT2D eigenvalue weighted by molar-refractivity contribution is 7.99. The van der Waals surface area contributed by atoms with Crippen molar-refractivity contribution in [3.8, 4) is 11.1 Å². The van der Waals surface area contributed by atoms with Crippen molar-refractivity contribution in [2.75, 3.05) is 12.8 Å². The fraction of sp³-hybridized carbons (Fsp3) is 0.364. The molecule has 2 atom stereocenters. The first kappa shape index (κ1) is 19.5. The molecule has 1 fully saturated rings. The quantitative estimate of drug-likeness (QED) is 0.779. The van der Waals surface area contributed by atoms with Crippen LogP contribution in [0.25, 0.3) is 11.1 Å². The monoisotopic (exact) mass is 383 g/mol. The van der Waals surface area contributed by atoms with Crippen LogP contribution in [0.4, 0.5) is 0 Å². The van der Waals surface area contributed by atoms with Crippen LogP contribution in [-0.2, 0) is 0 Å². The van der Waals surface area contributed by atoms with Crippen molar-refractivity contribution in [1.82, 2.24) is 4.90 Å². The maximum atomic E-state index is 13.2. The Kier molecular flexibility index (Phi) is 6.22. The lowest BCUT2D eigenvalue weighted by Gasteiger charge is -2.26. The van der Waals surface area contributed by atoms with E-state index in [0.29, 0.717) is 21.9 Å². The van der Waals surface area contributed by atoms with Gasteiger partial charge in [0.2, 0.25) is 0 Å². The Labute approximate surface area is 164 Å². The molecule has 0 saturated heterocycles.